The van der Waals surface area contributed by atoms with Crippen LogP contribution in [0.3, 0.4) is 0 Å². The van der Waals surface area contributed by atoms with Crippen molar-refractivity contribution in [1.82, 2.24) is 4.98 Å². The first-order valence-corrected chi connectivity index (χ1v) is 6.91. The van der Waals surface area contributed by atoms with Crippen molar-refractivity contribution in [2.75, 3.05) is 18.9 Å². The molecule has 0 aliphatic heterocycles. The number of hydrogen-bond acceptors (Lipinski definition) is 5. The maximum Gasteiger partial charge on any atom is 0.336 e. The van der Waals surface area contributed by atoms with Crippen LogP contribution in [0.1, 0.15) is 19.5 Å². The molecule has 7 heteroatoms. The summed E-state index contributed by atoms with van der Waals surface area (Å²) in [7, 11) is -3.06. The van der Waals surface area contributed by atoms with Crippen LogP contribution in [0, 0.1) is 0 Å². The van der Waals surface area contributed by atoms with Crippen LogP contribution in [0.5, 0.6) is 0 Å². The van der Waals surface area contributed by atoms with E-state index in [2.05, 4.69) is 4.98 Å². The lowest BCUT2D eigenvalue weighted by Crippen LogP contribution is -2.00. The minimum atomic E-state index is -3.06. The Hall–Kier alpha value is -0.610. The van der Waals surface area contributed by atoms with Crippen LogP contribution in [-0.4, -0.2) is 18.2 Å². The fraction of sp³-hybridized carbons (Fsp3) is 0.500. The van der Waals surface area contributed by atoms with E-state index < -0.39 is 7.60 Å². The van der Waals surface area contributed by atoms with E-state index in [1.165, 1.54) is 6.20 Å². The van der Waals surface area contributed by atoms with E-state index in [0.29, 0.717) is 24.6 Å². The van der Waals surface area contributed by atoms with Crippen LogP contribution in [-0.2, 0) is 19.8 Å². The molecule has 0 amide bonds. The number of nitrogen functional groups attached to an aromatic ring is 1. The van der Waals surface area contributed by atoms with Gasteiger partial charge in [0.2, 0.25) is 0 Å². The quantitative estimate of drug-likeness (QED) is 0.811. The number of nitrogens with two attached hydrogens (primary N) is 1. The number of pyridine rings is 1. The third-order valence-corrected chi connectivity index (χ3v) is 3.87. The molecule has 0 fully saturated rings. The molecular formula is C10H18ClN2O3P. The fourth-order valence-electron chi connectivity index (χ4n) is 1.25. The van der Waals surface area contributed by atoms with E-state index in [0.717, 1.165) is 0 Å². The van der Waals surface area contributed by atoms with Crippen molar-refractivity contribution in [3.63, 3.8) is 0 Å². The third-order valence-electron chi connectivity index (χ3n) is 1.85. The van der Waals surface area contributed by atoms with Crippen molar-refractivity contribution in [3.8, 4) is 0 Å². The summed E-state index contributed by atoms with van der Waals surface area (Å²) in [5, 5.41) is 0. The smallest absolute Gasteiger partial charge is 0.336 e. The van der Waals surface area contributed by atoms with Crippen molar-refractivity contribution < 1.29 is 13.6 Å². The Morgan fingerprint density at radius 3 is 2.29 bits per heavy atom. The van der Waals surface area contributed by atoms with E-state index in [1.807, 2.05) is 0 Å². The van der Waals surface area contributed by atoms with Gasteiger partial charge in [-0.1, -0.05) is 0 Å². The maximum absolute atomic E-state index is 12.2. The molecule has 5 nitrogen and oxygen atoms in total. The molecule has 2 N–H and O–H groups in total. The molecule has 0 spiro atoms. The van der Waals surface area contributed by atoms with Crippen molar-refractivity contribution in [2.24, 2.45) is 0 Å². The molecule has 0 radical (unpaired) electrons. The zero-order valence-electron chi connectivity index (χ0n) is 9.96. The molecule has 0 aliphatic rings. The van der Waals surface area contributed by atoms with Gasteiger partial charge in [-0.2, -0.15) is 0 Å². The zero-order valence-corrected chi connectivity index (χ0v) is 11.7. The number of nitrogens with zero attached hydrogens (tertiary/aromatic N) is 1. The first kappa shape index (κ1) is 16.4. The van der Waals surface area contributed by atoms with Gasteiger partial charge in [0.25, 0.3) is 0 Å². The van der Waals surface area contributed by atoms with Crippen molar-refractivity contribution in [2.45, 2.75) is 20.0 Å². The summed E-state index contributed by atoms with van der Waals surface area (Å²) in [5.74, 6) is 0. The number of aromatic nitrogens is 1. The molecule has 0 aliphatic carbocycles. The van der Waals surface area contributed by atoms with E-state index in [9.17, 15) is 4.57 Å². The molecule has 0 atom stereocenters. The van der Waals surface area contributed by atoms with Gasteiger partial charge in [0.15, 0.2) is 0 Å². The zero-order chi connectivity index (χ0) is 12.0. The van der Waals surface area contributed by atoms with Crippen LogP contribution >= 0.6 is 20.0 Å². The highest BCUT2D eigenvalue weighted by Gasteiger charge is 2.24. The summed E-state index contributed by atoms with van der Waals surface area (Å²) in [6, 6.07) is 3.44. The van der Waals surface area contributed by atoms with Crippen LogP contribution in [0.25, 0.3) is 0 Å². The molecule has 17 heavy (non-hydrogen) atoms. The Kier molecular flexibility index (Phi) is 7.39. The average Bonchev–Trinajstić information content (AvgIpc) is 2.22. The van der Waals surface area contributed by atoms with E-state index in [1.54, 1.807) is 26.0 Å². The van der Waals surface area contributed by atoms with Crippen LogP contribution in [0.2, 0.25) is 0 Å². The predicted molar refractivity (Wildman–Crippen MR) is 70.5 cm³/mol. The Morgan fingerprint density at radius 1 is 1.29 bits per heavy atom. The molecule has 1 aromatic heterocycles. The summed E-state index contributed by atoms with van der Waals surface area (Å²) < 4.78 is 22.5. The third kappa shape index (κ3) is 5.50. The standard InChI is InChI=1S/C10H17N2O3P.ClH/c1-3-14-16(13,15-4-2)8-10-6-5-9(11)7-12-10;/h5-7H,3-4,8,11H2,1-2H3;1H. The van der Waals surface area contributed by atoms with Crippen LogP contribution in [0.4, 0.5) is 5.69 Å². The highest BCUT2D eigenvalue weighted by atomic mass is 35.5. The monoisotopic (exact) mass is 280 g/mol. The Labute approximate surface area is 108 Å². The first-order chi connectivity index (χ1) is 7.59. The molecule has 0 saturated heterocycles. The van der Waals surface area contributed by atoms with Crippen molar-refractivity contribution >= 4 is 25.7 Å². The molecular weight excluding hydrogens is 263 g/mol. The number of halogens is 1. The molecule has 1 heterocycles. The molecule has 0 unspecified atom stereocenters. The van der Waals surface area contributed by atoms with Gasteiger partial charge >= 0.3 is 7.60 Å². The van der Waals surface area contributed by atoms with E-state index >= 15 is 0 Å². The second-order valence-corrected chi connectivity index (χ2v) is 5.24. The Morgan fingerprint density at radius 2 is 1.88 bits per heavy atom. The molecule has 0 bridgehead atoms. The number of rotatable bonds is 6. The lowest BCUT2D eigenvalue weighted by Gasteiger charge is -2.16. The average molecular weight is 281 g/mol. The normalized spacial score (nSPS) is 10.9. The van der Waals surface area contributed by atoms with Gasteiger partial charge in [0.05, 0.1) is 37.0 Å². The molecule has 1 aromatic rings. The van der Waals surface area contributed by atoms with E-state index in [4.69, 9.17) is 14.8 Å². The minimum absolute atomic E-state index is 0. The lowest BCUT2D eigenvalue weighted by atomic mass is 10.3. The van der Waals surface area contributed by atoms with E-state index in [-0.39, 0.29) is 18.6 Å². The molecule has 0 aromatic carbocycles. The summed E-state index contributed by atoms with van der Waals surface area (Å²) >= 11 is 0. The van der Waals surface area contributed by atoms with Crippen LogP contribution < -0.4 is 5.73 Å². The summed E-state index contributed by atoms with van der Waals surface area (Å²) in [6.45, 7) is 4.27. The van der Waals surface area contributed by atoms with Gasteiger partial charge in [0, 0.05) is 0 Å². The SMILES string of the molecule is CCOP(=O)(Cc1ccc(N)cn1)OCC.Cl. The minimum Gasteiger partial charge on any atom is -0.397 e. The van der Waals surface area contributed by atoms with Crippen molar-refractivity contribution in [1.29, 1.82) is 0 Å². The maximum atomic E-state index is 12.2. The highest BCUT2D eigenvalue weighted by Crippen LogP contribution is 2.50. The summed E-state index contributed by atoms with van der Waals surface area (Å²) in [4.78, 5) is 4.07. The molecule has 98 valence electrons. The fourth-order valence-corrected chi connectivity index (χ4v) is 2.88. The van der Waals surface area contributed by atoms with Crippen LogP contribution in [0.15, 0.2) is 18.3 Å². The predicted octanol–water partition coefficient (Wildman–Crippen LogP) is 2.85. The van der Waals surface area contributed by atoms with Gasteiger partial charge in [-0.3, -0.25) is 9.55 Å². The van der Waals surface area contributed by atoms with Gasteiger partial charge in [-0.05, 0) is 26.0 Å². The number of hydrogen-bond donors (Lipinski definition) is 1. The Bertz CT molecular complexity index is 362. The largest absolute Gasteiger partial charge is 0.397 e. The summed E-state index contributed by atoms with van der Waals surface area (Å²) in [6.07, 6.45) is 1.70. The molecule has 1 rings (SSSR count). The van der Waals surface area contributed by atoms with Gasteiger partial charge < -0.3 is 14.8 Å². The van der Waals surface area contributed by atoms with Gasteiger partial charge in [0.1, 0.15) is 0 Å². The second-order valence-electron chi connectivity index (χ2n) is 3.19. The first-order valence-electron chi connectivity index (χ1n) is 5.18. The Balaban J connectivity index is 0.00000256. The highest BCUT2D eigenvalue weighted by molar-refractivity contribution is 7.53. The second kappa shape index (κ2) is 7.67. The van der Waals surface area contributed by atoms with Gasteiger partial charge in [-0.25, -0.2) is 0 Å². The van der Waals surface area contributed by atoms with Crippen molar-refractivity contribution in [3.05, 3.63) is 24.0 Å². The lowest BCUT2D eigenvalue weighted by molar-refractivity contribution is 0.219. The number of anilines is 1. The summed E-state index contributed by atoms with van der Waals surface area (Å²) in [5.41, 5.74) is 6.74. The van der Waals surface area contributed by atoms with Gasteiger partial charge in [-0.15, -0.1) is 12.4 Å². The topological polar surface area (TPSA) is 74.4 Å². The molecule has 0 saturated carbocycles.